The SMILES string of the molecule is Cc1ccc(-c2cnn3c(Nc4cccc(Cl)c4)cc(C)nc23)cc1. The molecule has 0 aliphatic rings. The summed E-state index contributed by atoms with van der Waals surface area (Å²) in [7, 11) is 0. The number of nitrogens with one attached hydrogen (secondary N) is 1. The first-order valence-electron chi connectivity index (χ1n) is 8.05. The number of aromatic nitrogens is 3. The fraction of sp³-hybridized carbons (Fsp3) is 0.100. The van der Waals surface area contributed by atoms with Gasteiger partial charge in [-0.05, 0) is 37.6 Å². The fourth-order valence-electron chi connectivity index (χ4n) is 2.82. The highest BCUT2D eigenvalue weighted by Gasteiger charge is 2.12. The molecular formula is C20H17ClN4. The lowest BCUT2D eigenvalue weighted by Crippen LogP contribution is -2.02. The molecule has 0 unspecified atom stereocenters. The first kappa shape index (κ1) is 15.7. The van der Waals surface area contributed by atoms with E-state index in [-0.39, 0.29) is 0 Å². The average Bonchev–Trinajstić information content (AvgIpc) is 2.99. The molecule has 4 rings (SSSR count). The van der Waals surface area contributed by atoms with Crippen LogP contribution in [0.3, 0.4) is 0 Å². The molecule has 5 heteroatoms. The minimum absolute atomic E-state index is 0.688. The summed E-state index contributed by atoms with van der Waals surface area (Å²) < 4.78 is 1.82. The number of benzene rings is 2. The molecule has 0 saturated carbocycles. The second-order valence-electron chi connectivity index (χ2n) is 6.08. The number of hydrogen-bond acceptors (Lipinski definition) is 3. The molecule has 0 bridgehead atoms. The normalized spacial score (nSPS) is 11.0. The van der Waals surface area contributed by atoms with E-state index in [1.807, 2.05) is 48.0 Å². The van der Waals surface area contributed by atoms with E-state index in [2.05, 4.69) is 46.6 Å². The second kappa shape index (κ2) is 6.22. The van der Waals surface area contributed by atoms with Crippen molar-refractivity contribution in [2.45, 2.75) is 13.8 Å². The highest BCUT2D eigenvalue weighted by Crippen LogP contribution is 2.27. The molecule has 0 aliphatic carbocycles. The van der Waals surface area contributed by atoms with Crippen molar-refractivity contribution in [3.8, 4) is 11.1 Å². The number of anilines is 2. The Labute approximate surface area is 151 Å². The Kier molecular flexibility index (Phi) is 3.90. The molecule has 2 heterocycles. The van der Waals surface area contributed by atoms with Crippen molar-refractivity contribution in [2.24, 2.45) is 0 Å². The van der Waals surface area contributed by atoms with Crippen LogP contribution in [0, 0.1) is 13.8 Å². The standard InChI is InChI=1S/C20H17ClN4/c1-13-6-8-15(9-7-13)18-12-22-25-19(10-14(2)23-20(18)25)24-17-5-3-4-16(21)11-17/h3-12,24H,1-2H3. The van der Waals surface area contributed by atoms with Crippen molar-refractivity contribution < 1.29 is 0 Å². The molecule has 0 amide bonds. The van der Waals surface area contributed by atoms with E-state index in [1.165, 1.54) is 5.56 Å². The Hall–Kier alpha value is -2.85. The molecule has 0 aliphatic heterocycles. The van der Waals surface area contributed by atoms with Crippen molar-refractivity contribution in [1.82, 2.24) is 14.6 Å². The lowest BCUT2D eigenvalue weighted by atomic mass is 10.1. The summed E-state index contributed by atoms with van der Waals surface area (Å²) in [5.41, 5.74) is 6.00. The molecule has 2 aromatic heterocycles. The van der Waals surface area contributed by atoms with E-state index in [0.29, 0.717) is 5.02 Å². The van der Waals surface area contributed by atoms with Gasteiger partial charge in [-0.25, -0.2) is 4.98 Å². The molecule has 25 heavy (non-hydrogen) atoms. The van der Waals surface area contributed by atoms with E-state index >= 15 is 0 Å². The van der Waals surface area contributed by atoms with Gasteiger partial charge in [-0.15, -0.1) is 0 Å². The van der Waals surface area contributed by atoms with E-state index in [0.717, 1.165) is 34.0 Å². The third-order valence-electron chi connectivity index (χ3n) is 4.06. The van der Waals surface area contributed by atoms with Crippen molar-refractivity contribution in [3.63, 3.8) is 0 Å². The predicted octanol–water partition coefficient (Wildman–Crippen LogP) is 5.41. The number of fused-ring (bicyclic) bond motifs is 1. The smallest absolute Gasteiger partial charge is 0.165 e. The summed E-state index contributed by atoms with van der Waals surface area (Å²) >= 11 is 6.08. The van der Waals surface area contributed by atoms with Gasteiger partial charge in [0.25, 0.3) is 0 Å². The number of hydrogen-bond donors (Lipinski definition) is 1. The minimum Gasteiger partial charge on any atom is -0.340 e. The summed E-state index contributed by atoms with van der Waals surface area (Å²) in [6.45, 7) is 4.06. The zero-order valence-electron chi connectivity index (χ0n) is 14.0. The fourth-order valence-corrected chi connectivity index (χ4v) is 3.01. The van der Waals surface area contributed by atoms with Crippen LogP contribution in [-0.4, -0.2) is 14.6 Å². The van der Waals surface area contributed by atoms with E-state index in [4.69, 9.17) is 11.6 Å². The summed E-state index contributed by atoms with van der Waals surface area (Å²) in [6.07, 6.45) is 1.86. The van der Waals surface area contributed by atoms with Gasteiger partial charge in [-0.1, -0.05) is 47.5 Å². The van der Waals surface area contributed by atoms with Crippen LogP contribution >= 0.6 is 11.6 Å². The van der Waals surface area contributed by atoms with Gasteiger partial charge < -0.3 is 5.32 Å². The molecule has 2 aromatic carbocycles. The van der Waals surface area contributed by atoms with E-state index in [9.17, 15) is 0 Å². The monoisotopic (exact) mass is 348 g/mol. The van der Waals surface area contributed by atoms with Crippen LogP contribution in [-0.2, 0) is 0 Å². The van der Waals surface area contributed by atoms with Crippen LogP contribution < -0.4 is 5.32 Å². The average molecular weight is 349 g/mol. The lowest BCUT2D eigenvalue weighted by molar-refractivity contribution is 0.938. The molecule has 124 valence electrons. The summed E-state index contributed by atoms with van der Waals surface area (Å²) in [5, 5.41) is 8.60. The molecular weight excluding hydrogens is 332 g/mol. The topological polar surface area (TPSA) is 42.2 Å². The Morgan fingerprint density at radius 1 is 1.00 bits per heavy atom. The Balaban J connectivity index is 1.82. The largest absolute Gasteiger partial charge is 0.340 e. The summed E-state index contributed by atoms with van der Waals surface area (Å²) in [4.78, 5) is 4.69. The van der Waals surface area contributed by atoms with Crippen molar-refractivity contribution in [2.75, 3.05) is 5.32 Å². The van der Waals surface area contributed by atoms with Crippen molar-refractivity contribution >= 4 is 28.8 Å². The van der Waals surface area contributed by atoms with Gasteiger partial charge in [-0.3, -0.25) is 0 Å². The van der Waals surface area contributed by atoms with Gasteiger partial charge in [0.2, 0.25) is 0 Å². The molecule has 1 N–H and O–H groups in total. The molecule has 0 fully saturated rings. The molecule has 4 nitrogen and oxygen atoms in total. The zero-order valence-corrected chi connectivity index (χ0v) is 14.7. The molecule has 0 radical (unpaired) electrons. The highest BCUT2D eigenvalue weighted by molar-refractivity contribution is 6.30. The molecule has 4 aromatic rings. The molecule has 0 spiro atoms. The number of halogens is 1. The Morgan fingerprint density at radius 2 is 1.80 bits per heavy atom. The summed E-state index contributed by atoms with van der Waals surface area (Å²) in [6, 6.07) is 18.0. The van der Waals surface area contributed by atoms with Gasteiger partial charge in [0, 0.05) is 28.0 Å². The second-order valence-corrected chi connectivity index (χ2v) is 6.51. The maximum atomic E-state index is 6.08. The third kappa shape index (κ3) is 3.08. The highest BCUT2D eigenvalue weighted by atomic mass is 35.5. The zero-order chi connectivity index (χ0) is 17.4. The van der Waals surface area contributed by atoms with Gasteiger partial charge >= 0.3 is 0 Å². The first-order chi connectivity index (χ1) is 12.1. The van der Waals surface area contributed by atoms with Crippen LogP contribution in [0.2, 0.25) is 5.02 Å². The maximum Gasteiger partial charge on any atom is 0.165 e. The van der Waals surface area contributed by atoms with Crippen molar-refractivity contribution in [3.05, 3.63) is 77.1 Å². The van der Waals surface area contributed by atoms with Crippen LogP contribution in [0.5, 0.6) is 0 Å². The van der Waals surface area contributed by atoms with Gasteiger partial charge in [0.05, 0.1) is 6.20 Å². The van der Waals surface area contributed by atoms with Crippen LogP contribution in [0.15, 0.2) is 60.8 Å². The van der Waals surface area contributed by atoms with E-state index < -0.39 is 0 Å². The first-order valence-corrected chi connectivity index (χ1v) is 8.43. The van der Waals surface area contributed by atoms with Crippen LogP contribution in [0.25, 0.3) is 16.8 Å². The van der Waals surface area contributed by atoms with Crippen molar-refractivity contribution in [1.29, 1.82) is 0 Å². The third-order valence-corrected chi connectivity index (χ3v) is 4.29. The maximum absolute atomic E-state index is 6.08. The lowest BCUT2D eigenvalue weighted by Gasteiger charge is -2.10. The predicted molar refractivity (Wildman–Crippen MR) is 103 cm³/mol. The quantitative estimate of drug-likeness (QED) is 0.538. The van der Waals surface area contributed by atoms with Gasteiger partial charge in [0.1, 0.15) is 5.82 Å². The number of nitrogens with zero attached hydrogens (tertiary/aromatic N) is 3. The van der Waals surface area contributed by atoms with E-state index in [1.54, 1.807) is 0 Å². The Morgan fingerprint density at radius 3 is 2.56 bits per heavy atom. The molecule has 0 atom stereocenters. The van der Waals surface area contributed by atoms with Crippen LogP contribution in [0.1, 0.15) is 11.3 Å². The Bertz CT molecular complexity index is 1050. The number of rotatable bonds is 3. The van der Waals surface area contributed by atoms with Crippen LogP contribution in [0.4, 0.5) is 11.5 Å². The number of aryl methyl sites for hydroxylation is 2. The molecule has 0 saturated heterocycles. The minimum atomic E-state index is 0.688. The van der Waals surface area contributed by atoms with Gasteiger partial charge in [-0.2, -0.15) is 9.61 Å². The summed E-state index contributed by atoms with van der Waals surface area (Å²) in [5.74, 6) is 0.850. The van der Waals surface area contributed by atoms with Gasteiger partial charge in [0.15, 0.2) is 5.65 Å².